The molecule has 0 saturated heterocycles. The van der Waals surface area contributed by atoms with Gasteiger partial charge in [0.2, 0.25) is 0 Å². The van der Waals surface area contributed by atoms with Crippen molar-refractivity contribution in [3.8, 4) is 22.7 Å². The molecule has 0 aliphatic rings. The van der Waals surface area contributed by atoms with Gasteiger partial charge < -0.3 is 13.6 Å². The van der Waals surface area contributed by atoms with Crippen LogP contribution in [0.4, 0.5) is 0 Å². The van der Waals surface area contributed by atoms with Crippen molar-refractivity contribution in [1.29, 1.82) is 0 Å². The lowest BCUT2D eigenvalue weighted by molar-refractivity contribution is 0.521. The number of hydrogen-bond donors (Lipinski definition) is 0. The molecule has 138 valence electrons. The lowest BCUT2D eigenvalue weighted by atomic mass is 10.1. The van der Waals surface area contributed by atoms with Gasteiger partial charge in [-0.2, -0.15) is 0 Å². The van der Waals surface area contributed by atoms with Gasteiger partial charge in [-0.3, -0.25) is 0 Å². The topological polar surface area (TPSA) is 61.7 Å². The molecule has 0 aliphatic heterocycles. The van der Waals surface area contributed by atoms with Crippen LogP contribution in [-0.4, -0.2) is 24.3 Å². The number of benzene rings is 1. The fourth-order valence-electron chi connectivity index (χ4n) is 3.27. The fourth-order valence-corrected chi connectivity index (χ4v) is 3.27. The number of hydrogen-bond acceptors (Lipinski definition) is 4. The van der Waals surface area contributed by atoms with Gasteiger partial charge >= 0.3 is 0 Å². The van der Waals surface area contributed by atoms with Gasteiger partial charge in [-0.15, -0.1) is 10.2 Å². The van der Waals surface area contributed by atoms with E-state index < -0.39 is 0 Å². The Morgan fingerprint density at radius 2 is 1.81 bits per heavy atom. The molecule has 0 radical (unpaired) electrons. The maximum atomic E-state index is 6.07. The summed E-state index contributed by atoms with van der Waals surface area (Å²) >= 11 is 0. The summed E-state index contributed by atoms with van der Waals surface area (Å²) in [5, 5.41) is 8.27. The molecular formula is C21H23N5O. The van der Waals surface area contributed by atoms with Crippen molar-refractivity contribution in [1.82, 2.24) is 24.3 Å². The first kappa shape index (κ1) is 17.3. The molecule has 27 heavy (non-hydrogen) atoms. The molecule has 0 spiro atoms. The molecular weight excluding hydrogens is 338 g/mol. The van der Waals surface area contributed by atoms with Gasteiger partial charge in [0.1, 0.15) is 23.6 Å². The summed E-state index contributed by atoms with van der Waals surface area (Å²) in [7, 11) is 0. The van der Waals surface area contributed by atoms with Gasteiger partial charge in [0, 0.05) is 31.5 Å². The van der Waals surface area contributed by atoms with Crippen LogP contribution in [0.1, 0.15) is 25.4 Å². The van der Waals surface area contributed by atoms with E-state index in [0.29, 0.717) is 0 Å². The number of aryl methyl sites for hydroxylation is 4. The molecule has 0 aliphatic carbocycles. The Bertz CT molecular complexity index is 1010. The van der Waals surface area contributed by atoms with Crippen LogP contribution in [0.2, 0.25) is 0 Å². The van der Waals surface area contributed by atoms with Crippen molar-refractivity contribution in [2.75, 3.05) is 0 Å². The van der Waals surface area contributed by atoms with Crippen LogP contribution in [-0.2, 0) is 25.9 Å². The normalized spacial score (nSPS) is 11.2. The van der Waals surface area contributed by atoms with E-state index in [4.69, 9.17) is 9.40 Å². The second kappa shape index (κ2) is 7.61. The number of rotatable bonds is 7. The largest absolute Gasteiger partial charge is 0.459 e. The van der Waals surface area contributed by atoms with Crippen molar-refractivity contribution >= 4 is 0 Å². The van der Waals surface area contributed by atoms with Crippen LogP contribution in [0.3, 0.4) is 0 Å². The van der Waals surface area contributed by atoms with Gasteiger partial charge in [-0.1, -0.05) is 37.3 Å². The summed E-state index contributed by atoms with van der Waals surface area (Å²) in [5.41, 5.74) is 3.02. The van der Waals surface area contributed by atoms with Crippen molar-refractivity contribution in [2.45, 2.75) is 39.8 Å². The Labute approximate surface area is 158 Å². The molecule has 0 saturated carbocycles. The molecule has 0 N–H and O–H groups in total. The first-order valence-electron chi connectivity index (χ1n) is 9.36. The summed E-state index contributed by atoms with van der Waals surface area (Å²) in [6, 6.07) is 14.3. The maximum absolute atomic E-state index is 6.07. The van der Waals surface area contributed by atoms with Crippen LogP contribution in [0.5, 0.6) is 0 Å². The molecule has 4 rings (SSSR count). The highest BCUT2D eigenvalue weighted by Crippen LogP contribution is 2.32. The third-order valence-electron chi connectivity index (χ3n) is 4.74. The number of nitrogens with zero attached hydrogens (tertiary/aromatic N) is 5. The first-order chi connectivity index (χ1) is 13.3. The van der Waals surface area contributed by atoms with Crippen LogP contribution >= 0.6 is 0 Å². The monoisotopic (exact) mass is 361 g/mol. The lowest BCUT2D eigenvalue weighted by Gasteiger charge is -2.09. The minimum Gasteiger partial charge on any atom is -0.459 e. The molecule has 0 atom stereocenters. The molecule has 1 aromatic carbocycles. The molecule has 0 amide bonds. The molecule has 4 aromatic rings. The smallest absolute Gasteiger partial charge is 0.152 e. The average Bonchev–Trinajstić information content (AvgIpc) is 3.44. The van der Waals surface area contributed by atoms with Crippen LogP contribution < -0.4 is 0 Å². The van der Waals surface area contributed by atoms with Gasteiger partial charge in [0.15, 0.2) is 5.76 Å². The van der Waals surface area contributed by atoms with E-state index >= 15 is 0 Å². The second-order valence-corrected chi connectivity index (χ2v) is 6.40. The van der Waals surface area contributed by atoms with Gasteiger partial charge in [0.25, 0.3) is 0 Å². The van der Waals surface area contributed by atoms with E-state index in [9.17, 15) is 0 Å². The van der Waals surface area contributed by atoms with Gasteiger partial charge in [0.05, 0.1) is 12.0 Å². The number of furan rings is 1. The zero-order valence-corrected chi connectivity index (χ0v) is 15.7. The molecule has 3 heterocycles. The van der Waals surface area contributed by atoms with E-state index in [-0.39, 0.29) is 0 Å². The van der Waals surface area contributed by atoms with Gasteiger partial charge in [-0.25, -0.2) is 4.98 Å². The van der Waals surface area contributed by atoms with Crippen LogP contribution in [0, 0.1) is 0 Å². The quantitative estimate of drug-likeness (QED) is 0.494. The van der Waals surface area contributed by atoms with E-state index in [0.717, 1.165) is 60.2 Å². The Kier molecular flexibility index (Phi) is 4.87. The van der Waals surface area contributed by atoms with Crippen LogP contribution in [0.25, 0.3) is 22.7 Å². The maximum Gasteiger partial charge on any atom is 0.152 e. The predicted octanol–water partition coefficient (Wildman–Crippen LogP) is 4.23. The first-order valence-corrected chi connectivity index (χ1v) is 9.36. The van der Waals surface area contributed by atoms with Crippen molar-refractivity contribution in [2.24, 2.45) is 0 Å². The van der Waals surface area contributed by atoms with Gasteiger partial charge in [-0.05, 0) is 19.1 Å². The van der Waals surface area contributed by atoms with E-state index in [1.54, 1.807) is 6.33 Å². The van der Waals surface area contributed by atoms with E-state index in [2.05, 4.69) is 45.3 Å². The summed E-state index contributed by atoms with van der Waals surface area (Å²) in [6.07, 6.45) is 5.32. The SMILES string of the molecule is CCc1ccc(-c2c(-c3ccccc3)ncn2CCc2nncn2CC)o1. The van der Waals surface area contributed by atoms with Crippen molar-refractivity contribution in [3.63, 3.8) is 0 Å². The molecule has 6 heteroatoms. The Balaban J connectivity index is 1.72. The molecule has 0 fully saturated rings. The summed E-state index contributed by atoms with van der Waals surface area (Å²) in [5.74, 6) is 2.80. The molecule has 3 aromatic heterocycles. The predicted molar refractivity (Wildman–Crippen MR) is 104 cm³/mol. The van der Waals surface area contributed by atoms with Crippen molar-refractivity contribution < 1.29 is 4.42 Å². The lowest BCUT2D eigenvalue weighted by Crippen LogP contribution is -2.07. The summed E-state index contributed by atoms with van der Waals surface area (Å²) in [4.78, 5) is 4.70. The Morgan fingerprint density at radius 3 is 2.56 bits per heavy atom. The van der Waals surface area contributed by atoms with Crippen molar-refractivity contribution in [3.05, 3.63) is 66.7 Å². The fraction of sp³-hybridized carbons (Fsp3) is 0.286. The second-order valence-electron chi connectivity index (χ2n) is 6.40. The summed E-state index contributed by atoms with van der Waals surface area (Å²) in [6.45, 7) is 5.82. The third-order valence-corrected chi connectivity index (χ3v) is 4.74. The highest BCUT2D eigenvalue weighted by atomic mass is 16.3. The van der Waals surface area contributed by atoms with Crippen LogP contribution in [0.15, 0.2) is 59.5 Å². The molecule has 0 unspecified atom stereocenters. The third kappa shape index (κ3) is 3.43. The zero-order valence-electron chi connectivity index (χ0n) is 15.7. The highest BCUT2D eigenvalue weighted by molar-refractivity contribution is 5.76. The minimum atomic E-state index is 0.760. The minimum absolute atomic E-state index is 0.760. The average molecular weight is 361 g/mol. The van der Waals surface area contributed by atoms with E-state index in [1.807, 2.05) is 36.7 Å². The summed E-state index contributed by atoms with van der Waals surface area (Å²) < 4.78 is 10.3. The van der Waals surface area contributed by atoms with E-state index in [1.165, 1.54) is 0 Å². The Hall–Kier alpha value is -3.15. The molecule has 0 bridgehead atoms. The highest BCUT2D eigenvalue weighted by Gasteiger charge is 2.18. The zero-order chi connectivity index (χ0) is 18.6. The Morgan fingerprint density at radius 1 is 0.963 bits per heavy atom. The molecule has 6 nitrogen and oxygen atoms in total. The standard InChI is InChI=1S/C21H23N5O/c1-3-17-10-11-18(27-17)21-20(16-8-6-5-7-9-16)22-14-26(21)13-12-19-24-23-15-25(19)4-2/h5-11,14-15H,3-4,12-13H2,1-2H3. The number of aromatic nitrogens is 5. The number of imidazole rings is 1.